The van der Waals surface area contributed by atoms with Crippen LogP contribution in [0.5, 0.6) is 0 Å². The SMILES string of the molecule is Cc1ccn2ncc(-n3cc(-c4ccccc4)cn3)c2n1. The maximum absolute atomic E-state index is 4.53. The molecule has 0 saturated carbocycles. The average Bonchev–Trinajstić information content (AvgIpc) is 3.14. The first-order valence-corrected chi connectivity index (χ1v) is 6.73. The molecule has 0 unspecified atom stereocenters. The lowest BCUT2D eigenvalue weighted by Gasteiger charge is -1.99. The van der Waals surface area contributed by atoms with Crippen LogP contribution >= 0.6 is 0 Å². The summed E-state index contributed by atoms with van der Waals surface area (Å²) in [6.45, 7) is 1.97. The van der Waals surface area contributed by atoms with Gasteiger partial charge in [-0.25, -0.2) is 14.2 Å². The molecule has 4 rings (SSSR count). The Kier molecular flexibility index (Phi) is 2.57. The Morgan fingerprint density at radius 1 is 0.905 bits per heavy atom. The second kappa shape index (κ2) is 4.56. The van der Waals surface area contributed by atoms with Crippen molar-refractivity contribution in [2.24, 2.45) is 0 Å². The van der Waals surface area contributed by atoms with E-state index in [2.05, 4.69) is 27.3 Å². The van der Waals surface area contributed by atoms with Crippen molar-refractivity contribution in [3.63, 3.8) is 0 Å². The first-order valence-electron chi connectivity index (χ1n) is 6.73. The first-order chi connectivity index (χ1) is 10.3. The fourth-order valence-corrected chi connectivity index (χ4v) is 2.34. The molecular formula is C16H13N5. The summed E-state index contributed by atoms with van der Waals surface area (Å²) in [7, 11) is 0. The number of rotatable bonds is 2. The number of hydrogen-bond acceptors (Lipinski definition) is 3. The highest BCUT2D eigenvalue weighted by molar-refractivity contribution is 5.64. The van der Waals surface area contributed by atoms with Crippen LogP contribution in [0, 0.1) is 6.92 Å². The van der Waals surface area contributed by atoms with Crippen LogP contribution in [0.2, 0.25) is 0 Å². The summed E-state index contributed by atoms with van der Waals surface area (Å²) in [6.07, 6.45) is 7.54. The van der Waals surface area contributed by atoms with Gasteiger partial charge in [0, 0.05) is 23.7 Å². The third-order valence-corrected chi connectivity index (χ3v) is 3.43. The van der Waals surface area contributed by atoms with Crippen LogP contribution in [0.3, 0.4) is 0 Å². The van der Waals surface area contributed by atoms with Crippen LogP contribution in [-0.4, -0.2) is 24.4 Å². The summed E-state index contributed by atoms with van der Waals surface area (Å²) in [5.41, 5.74) is 4.85. The maximum atomic E-state index is 4.53. The van der Waals surface area contributed by atoms with Crippen molar-refractivity contribution in [1.82, 2.24) is 24.4 Å². The zero-order chi connectivity index (χ0) is 14.2. The summed E-state index contributed by atoms with van der Waals surface area (Å²) in [4.78, 5) is 4.53. The Hall–Kier alpha value is -2.95. The maximum Gasteiger partial charge on any atom is 0.181 e. The fraction of sp³-hybridized carbons (Fsp3) is 0.0625. The van der Waals surface area contributed by atoms with E-state index in [1.54, 1.807) is 10.7 Å². The highest BCUT2D eigenvalue weighted by atomic mass is 15.3. The van der Waals surface area contributed by atoms with E-state index in [1.807, 2.05) is 54.5 Å². The smallest absolute Gasteiger partial charge is 0.181 e. The molecule has 0 aliphatic heterocycles. The minimum Gasteiger partial charge on any atom is -0.235 e. The quantitative estimate of drug-likeness (QED) is 0.565. The molecule has 0 aliphatic rings. The van der Waals surface area contributed by atoms with Gasteiger partial charge in [0.15, 0.2) is 5.65 Å². The summed E-state index contributed by atoms with van der Waals surface area (Å²) in [6, 6.07) is 12.1. The molecule has 0 N–H and O–H groups in total. The predicted octanol–water partition coefficient (Wildman–Crippen LogP) is 2.89. The largest absolute Gasteiger partial charge is 0.235 e. The van der Waals surface area contributed by atoms with Crippen LogP contribution in [0.1, 0.15) is 5.69 Å². The van der Waals surface area contributed by atoms with Crippen LogP contribution in [0.25, 0.3) is 22.5 Å². The van der Waals surface area contributed by atoms with E-state index in [0.29, 0.717) is 0 Å². The second-order valence-electron chi connectivity index (χ2n) is 4.91. The van der Waals surface area contributed by atoms with Crippen molar-refractivity contribution in [1.29, 1.82) is 0 Å². The molecule has 0 aliphatic carbocycles. The number of aromatic nitrogens is 5. The monoisotopic (exact) mass is 275 g/mol. The molecule has 5 nitrogen and oxygen atoms in total. The summed E-state index contributed by atoms with van der Waals surface area (Å²) < 4.78 is 3.57. The van der Waals surface area contributed by atoms with E-state index in [9.17, 15) is 0 Å². The molecule has 0 amide bonds. The predicted molar refractivity (Wildman–Crippen MR) is 80.3 cm³/mol. The normalized spacial score (nSPS) is 11.1. The van der Waals surface area contributed by atoms with Gasteiger partial charge in [-0.15, -0.1) is 0 Å². The molecule has 0 radical (unpaired) electrons. The molecule has 0 fully saturated rings. The van der Waals surface area contributed by atoms with Gasteiger partial charge in [0.1, 0.15) is 5.69 Å². The van der Waals surface area contributed by atoms with Gasteiger partial charge in [0.25, 0.3) is 0 Å². The lowest BCUT2D eigenvalue weighted by molar-refractivity contribution is 0.883. The average molecular weight is 275 g/mol. The highest BCUT2D eigenvalue weighted by Gasteiger charge is 2.10. The summed E-state index contributed by atoms with van der Waals surface area (Å²) in [5, 5.41) is 8.75. The van der Waals surface area contributed by atoms with Crippen LogP contribution in [-0.2, 0) is 0 Å². The minimum absolute atomic E-state index is 0.803. The molecular weight excluding hydrogens is 262 g/mol. The zero-order valence-electron chi connectivity index (χ0n) is 11.5. The van der Waals surface area contributed by atoms with E-state index >= 15 is 0 Å². The number of hydrogen-bond donors (Lipinski definition) is 0. The molecule has 0 spiro atoms. The Morgan fingerprint density at radius 3 is 2.62 bits per heavy atom. The Bertz CT molecular complexity index is 905. The van der Waals surface area contributed by atoms with Gasteiger partial charge in [-0.2, -0.15) is 10.2 Å². The lowest BCUT2D eigenvalue weighted by Crippen LogP contribution is -1.96. The molecule has 3 heterocycles. The van der Waals surface area contributed by atoms with E-state index in [1.165, 1.54) is 0 Å². The summed E-state index contributed by atoms with van der Waals surface area (Å²) in [5.74, 6) is 0. The van der Waals surface area contributed by atoms with Gasteiger partial charge in [-0.1, -0.05) is 30.3 Å². The Balaban J connectivity index is 1.83. The number of aryl methyl sites for hydroxylation is 1. The third kappa shape index (κ3) is 1.99. The van der Waals surface area contributed by atoms with Crippen molar-refractivity contribution in [2.75, 3.05) is 0 Å². The molecule has 5 heteroatoms. The van der Waals surface area contributed by atoms with Crippen molar-refractivity contribution in [3.8, 4) is 16.8 Å². The van der Waals surface area contributed by atoms with Crippen molar-refractivity contribution in [2.45, 2.75) is 6.92 Å². The van der Waals surface area contributed by atoms with Crippen LogP contribution in [0.4, 0.5) is 0 Å². The lowest BCUT2D eigenvalue weighted by atomic mass is 10.1. The van der Waals surface area contributed by atoms with E-state index in [0.717, 1.165) is 28.2 Å². The fourth-order valence-electron chi connectivity index (χ4n) is 2.34. The molecule has 4 aromatic rings. The Labute approximate surface area is 121 Å². The van der Waals surface area contributed by atoms with Gasteiger partial charge < -0.3 is 0 Å². The Morgan fingerprint density at radius 2 is 1.76 bits per heavy atom. The molecule has 1 aromatic carbocycles. The molecule has 0 bridgehead atoms. The summed E-state index contributed by atoms with van der Waals surface area (Å²) >= 11 is 0. The van der Waals surface area contributed by atoms with E-state index in [4.69, 9.17) is 0 Å². The van der Waals surface area contributed by atoms with Gasteiger partial charge in [-0.3, -0.25) is 0 Å². The standard InChI is InChI=1S/C16H13N5/c1-12-7-8-20-16(19-12)15(10-18-20)21-11-14(9-17-21)13-5-3-2-4-6-13/h2-11H,1H3. The number of fused-ring (bicyclic) bond motifs is 1. The van der Waals surface area contributed by atoms with Crippen LogP contribution in [0.15, 0.2) is 61.2 Å². The number of nitrogens with zero attached hydrogens (tertiary/aromatic N) is 5. The zero-order valence-corrected chi connectivity index (χ0v) is 11.5. The van der Waals surface area contributed by atoms with Crippen molar-refractivity contribution < 1.29 is 0 Å². The topological polar surface area (TPSA) is 48.0 Å². The molecule has 102 valence electrons. The van der Waals surface area contributed by atoms with Crippen molar-refractivity contribution >= 4 is 5.65 Å². The van der Waals surface area contributed by atoms with E-state index in [-0.39, 0.29) is 0 Å². The second-order valence-corrected chi connectivity index (χ2v) is 4.91. The molecule has 0 saturated heterocycles. The van der Waals surface area contributed by atoms with Gasteiger partial charge >= 0.3 is 0 Å². The van der Waals surface area contributed by atoms with Crippen LogP contribution < -0.4 is 0 Å². The minimum atomic E-state index is 0.803. The highest BCUT2D eigenvalue weighted by Crippen LogP contribution is 2.21. The van der Waals surface area contributed by atoms with Gasteiger partial charge in [0.2, 0.25) is 0 Å². The third-order valence-electron chi connectivity index (χ3n) is 3.43. The van der Waals surface area contributed by atoms with E-state index < -0.39 is 0 Å². The van der Waals surface area contributed by atoms with Gasteiger partial charge in [-0.05, 0) is 18.6 Å². The molecule has 3 aromatic heterocycles. The first kappa shape index (κ1) is 11.8. The number of benzene rings is 1. The van der Waals surface area contributed by atoms with Gasteiger partial charge in [0.05, 0.1) is 12.4 Å². The van der Waals surface area contributed by atoms with Crippen molar-refractivity contribution in [3.05, 3.63) is 66.9 Å². The molecule has 21 heavy (non-hydrogen) atoms. The molecule has 0 atom stereocenters.